The SMILES string of the molecule is Cc1ccc(COc2ccc(C)cc2S(N)(=O)=O)c(Cl)c1. The molecule has 0 fully saturated rings. The molecular formula is C15H16ClNO3S. The lowest BCUT2D eigenvalue weighted by atomic mass is 10.1. The van der Waals surface area contributed by atoms with Crippen molar-refractivity contribution in [2.75, 3.05) is 0 Å². The second-order valence-corrected chi connectivity index (χ2v) is 6.82. The van der Waals surface area contributed by atoms with Crippen molar-refractivity contribution < 1.29 is 13.2 Å². The van der Waals surface area contributed by atoms with Crippen molar-refractivity contribution in [1.29, 1.82) is 0 Å². The zero-order valence-corrected chi connectivity index (χ0v) is 13.3. The maximum Gasteiger partial charge on any atom is 0.241 e. The molecule has 0 amide bonds. The average molecular weight is 326 g/mol. The van der Waals surface area contributed by atoms with Gasteiger partial charge in [-0.05, 0) is 43.2 Å². The second-order valence-electron chi connectivity index (χ2n) is 4.88. The van der Waals surface area contributed by atoms with Crippen LogP contribution in [0.5, 0.6) is 5.75 Å². The summed E-state index contributed by atoms with van der Waals surface area (Å²) >= 11 is 6.13. The minimum absolute atomic E-state index is 0.0225. The molecule has 0 bridgehead atoms. The van der Waals surface area contributed by atoms with E-state index in [1.165, 1.54) is 6.07 Å². The molecule has 0 aliphatic carbocycles. The van der Waals surface area contributed by atoms with Crippen LogP contribution in [0.4, 0.5) is 0 Å². The molecule has 0 atom stereocenters. The number of ether oxygens (including phenoxy) is 1. The van der Waals surface area contributed by atoms with Gasteiger partial charge in [0.1, 0.15) is 17.3 Å². The van der Waals surface area contributed by atoms with E-state index in [9.17, 15) is 8.42 Å². The maximum atomic E-state index is 11.6. The zero-order valence-electron chi connectivity index (χ0n) is 11.8. The molecule has 0 saturated heterocycles. The van der Waals surface area contributed by atoms with Gasteiger partial charge in [-0.1, -0.05) is 29.8 Å². The highest BCUT2D eigenvalue weighted by Gasteiger charge is 2.15. The molecule has 2 N–H and O–H groups in total. The van der Waals surface area contributed by atoms with Crippen LogP contribution < -0.4 is 9.88 Å². The molecule has 2 aromatic rings. The first-order valence-electron chi connectivity index (χ1n) is 6.28. The lowest BCUT2D eigenvalue weighted by Gasteiger charge is -2.12. The van der Waals surface area contributed by atoms with E-state index < -0.39 is 10.0 Å². The Bertz CT molecular complexity index is 772. The number of rotatable bonds is 4. The van der Waals surface area contributed by atoms with Crippen LogP contribution in [0.3, 0.4) is 0 Å². The Hall–Kier alpha value is -1.56. The lowest BCUT2D eigenvalue weighted by molar-refractivity contribution is 0.298. The molecule has 2 rings (SSSR count). The predicted octanol–water partition coefficient (Wildman–Crippen LogP) is 3.18. The lowest BCUT2D eigenvalue weighted by Crippen LogP contribution is -2.14. The largest absolute Gasteiger partial charge is 0.487 e. The number of aryl methyl sites for hydroxylation is 2. The van der Waals surface area contributed by atoms with E-state index in [2.05, 4.69) is 0 Å². The van der Waals surface area contributed by atoms with Crippen molar-refractivity contribution in [2.24, 2.45) is 5.14 Å². The normalized spacial score (nSPS) is 11.4. The second kappa shape index (κ2) is 6.05. The van der Waals surface area contributed by atoms with Gasteiger partial charge in [-0.2, -0.15) is 0 Å². The Morgan fingerprint density at radius 3 is 2.33 bits per heavy atom. The van der Waals surface area contributed by atoms with E-state index in [-0.39, 0.29) is 17.3 Å². The Morgan fingerprint density at radius 1 is 1.10 bits per heavy atom. The van der Waals surface area contributed by atoms with Crippen molar-refractivity contribution in [2.45, 2.75) is 25.3 Å². The van der Waals surface area contributed by atoms with Gasteiger partial charge < -0.3 is 4.74 Å². The van der Waals surface area contributed by atoms with Gasteiger partial charge in [0.25, 0.3) is 0 Å². The van der Waals surface area contributed by atoms with Crippen molar-refractivity contribution in [3.8, 4) is 5.75 Å². The quantitative estimate of drug-likeness (QED) is 0.938. The molecule has 4 nitrogen and oxygen atoms in total. The van der Waals surface area contributed by atoms with Crippen LogP contribution in [-0.4, -0.2) is 8.42 Å². The van der Waals surface area contributed by atoms with E-state index in [1.807, 2.05) is 25.1 Å². The smallest absolute Gasteiger partial charge is 0.241 e. The van der Waals surface area contributed by atoms with Gasteiger partial charge in [-0.15, -0.1) is 0 Å². The summed E-state index contributed by atoms with van der Waals surface area (Å²) in [5.74, 6) is 0.222. The molecule has 2 aromatic carbocycles. The summed E-state index contributed by atoms with van der Waals surface area (Å²) in [7, 11) is -3.84. The highest BCUT2D eigenvalue weighted by atomic mass is 35.5. The Kier molecular flexibility index (Phi) is 4.56. The Labute approximate surface area is 129 Å². The van der Waals surface area contributed by atoms with Crippen molar-refractivity contribution in [1.82, 2.24) is 0 Å². The predicted molar refractivity (Wildman–Crippen MR) is 83.1 cm³/mol. The summed E-state index contributed by atoms with van der Waals surface area (Å²) in [6, 6.07) is 10.4. The van der Waals surface area contributed by atoms with Crippen molar-refractivity contribution >= 4 is 21.6 Å². The molecular weight excluding hydrogens is 310 g/mol. The van der Waals surface area contributed by atoms with Gasteiger partial charge >= 0.3 is 0 Å². The van der Waals surface area contributed by atoms with E-state index in [0.717, 1.165) is 16.7 Å². The summed E-state index contributed by atoms with van der Waals surface area (Å²) in [4.78, 5) is -0.0225. The van der Waals surface area contributed by atoms with Crippen LogP contribution in [0.1, 0.15) is 16.7 Å². The molecule has 0 spiro atoms. The van der Waals surface area contributed by atoms with Gasteiger partial charge in [0, 0.05) is 10.6 Å². The first-order chi connectivity index (χ1) is 9.77. The molecule has 6 heteroatoms. The number of hydrogen-bond acceptors (Lipinski definition) is 3. The number of halogens is 1. The highest BCUT2D eigenvalue weighted by Crippen LogP contribution is 2.26. The third kappa shape index (κ3) is 3.97. The fourth-order valence-corrected chi connectivity index (χ4v) is 2.93. The van der Waals surface area contributed by atoms with E-state index >= 15 is 0 Å². The Morgan fingerprint density at radius 2 is 1.71 bits per heavy atom. The van der Waals surface area contributed by atoms with Crippen molar-refractivity contribution in [3.05, 3.63) is 58.1 Å². The van der Waals surface area contributed by atoms with E-state index in [1.54, 1.807) is 19.1 Å². The first kappa shape index (κ1) is 15.8. The van der Waals surface area contributed by atoms with E-state index in [0.29, 0.717) is 5.02 Å². The molecule has 0 radical (unpaired) electrons. The van der Waals surface area contributed by atoms with Crippen LogP contribution in [0, 0.1) is 13.8 Å². The van der Waals surface area contributed by atoms with E-state index in [4.69, 9.17) is 21.5 Å². The van der Waals surface area contributed by atoms with Gasteiger partial charge in [0.2, 0.25) is 10.0 Å². The fraction of sp³-hybridized carbons (Fsp3) is 0.200. The highest BCUT2D eigenvalue weighted by molar-refractivity contribution is 7.89. The molecule has 0 saturated carbocycles. The Balaban J connectivity index is 2.28. The fourth-order valence-electron chi connectivity index (χ4n) is 1.88. The van der Waals surface area contributed by atoms with Crippen molar-refractivity contribution in [3.63, 3.8) is 0 Å². The number of nitrogens with two attached hydrogens (primary N) is 1. The molecule has 21 heavy (non-hydrogen) atoms. The van der Waals surface area contributed by atoms with Crippen LogP contribution in [-0.2, 0) is 16.6 Å². The molecule has 0 heterocycles. The van der Waals surface area contributed by atoms with Crippen LogP contribution in [0.15, 0.2) is 41.3 Å². The van der Waals surface area contributed by atoms with Gasteiger partial charge in [0.15, 0.2) is 0 Å². The molecule has 0 unspecified atom stereocenters. The summed E-state index contributed by atoms with van der Waals surface area (Å²) in [6.45, 7) is 3.90. The van der Waals surface area contributed by atoms with Gasteiger partial charge in [0.05, 0.1) is 0 Å². The maximum absolute atomic E-state index is 11.6. The molecule has 112 valence electrons. The minimum Gasteiger partial charge on any atom is -0.487 e. The summed E-state index contributed by atoms with van der Waals surface area (Å²) in [6.07, 6.45) is 0. The number of primary sulfonamides is 1. The number of sulfonamides is 1. The summed E-state index contributed by atoms with van der Waals surface area (Å²) in [5.41, 5.74) is 2.62. The zero-order chi connectivity index (χ0) is 15.6. The number of benzene rings is 2. The third-order valence-electron chi connectivity index (χ3n) is 3.00. The van der Waals surface area contributed by atoms with Crippen LogP contribution in [0.2, 0.25) is 5.02 Å². The van der Waals surface area contributed by atoms with Gasteiger partial charge in [-0.25, -0.2) is 13.6 Å². The standard InChI is InChI=1S/C15H16ClNO3S/c1-10-3-5-12(13(16)7-10)9-20-14-6-4-11(2)8-15(14)21(17,18)19/h3-8H,9H2,1-2H3,(H2,17,18,19). The number of hydrogen-bond donors (Lipinski definition) is 1. The van der Waals surface area contributed by atoms with Crippen LogP contribution in [0.25, 0.3) is 0 Å². The average Bonchev–Trinajstić information content (AvgIpc) is 2.38. The molecule has 0 aliphatic rings. The van der Waals surface area contributed by atoms with Crippen LogP contribution >= 0.6 is 11.6 Å². The molecule has 0 aliphatic heterocycles. The van der Waals surface area contributed by atoms with Gasteiger partial charge in [-0.3, -0.25) is 0 Å². The molecule has 0 aromatic heterocycles. The topological polar surface area (TPSA) is 69.4 Å². The first-order valence-corrected chi connectivity index (χ1v) is 8.21. The summed E-state index contributed by atoms with van der Waals surface area (Å²) in [5, 5.41) is 5.79. The monoisotopic (exact) mass is 325 g/mol. The third-order valence-corrected chi connectivity index (χ3v) is 4.28. The minimum atomic E-state index is -3.84. The summed E-state index contributed by atoms with van der Waals surface area (Å²) < 4.78 is 28.8.